The van der Waals surface area contributed by atoms with Crippen LogP contribution in [0.3, 0.4) is 0 Å². The van der Waals surface area contributed by atoms with Crippen LogP contribution in [0.25, 0.3) is 21.9 Å². The molecule has 0 N–H and O–H groups in total. The van der Waals surface area contributed by atoms with E-state index in [-0.39, 0.29) is 10.9 Å². The Morgan fingerprint density at radius 2 is 1.59 bits per heavy atom. The van der Waals surface area contributed by atoms with Gasteiger partial charge in [0.15, 0.2) is 17.4 Å². The highest BCUT2D eigenvalue weighted by Crippen LogP contribution is 2.36. The fourth-order valence-electron chi connectivity index (χ4n) is 3.25. The number of ether oxygens (including phenoxy) is 1. The molecular formula is C22H20F4O. The molecular weight excluding hydrogens is 356 g/mol. The van der Waals surface area contributed by atoms with Gasteiger partial charge in [-0.25, -0.2) is 13.2 Å². The molecule has 0 amide bonds. The fourth-order valence-corrected chi connectivity index (χ4v) is 3.25. The summed E-state index contributed by atoms with van der Waals surface area (Å²) in [5, 5.41) is 0.947. The number of rotatable bonds is 6. The first kappa shape index (κ1) is 19.2. The van der Waals surface area contributed by atoms with Crippen molar-refractivity contribution in [2.75, 3.05) is 7.11 Å². The molecule has 0 radical (unpaired) electrons. The van der Waals surface area contributed by atoms with E-state index >= 15 is 0 Å². The van der Waals surface area contributed by atoms with Crippen LogP contribution in [0.2, 0.25) is 0 Å². The number of benzene rings is 3. The molecule has 0 saturated heterocycles. The molecule has 0 aliphatic carbocycles. The molecule has 142 valence electrons. The predicted octanol–water partition coefficient (Wildman–Crippen LogP) is 6.80. The Hall–Kier alpha value is -2.56. The highest BCUT2D eigenvalue weighted by atomic mass is 19.2. The zero-order valence-corrected chi connectivity index (χ0v) is 15.2. The van der Waals surface area contributed by atoms with Crippen molar-refractivity contribution in [3.63, 3.8) is 0 Å². The van der Waals surface area contributed by atoms with Gasteiger partial charge in [-0.3, -0.25) is 0 Å². The molecule has 3 aromatic carbocycles. The van der Waals surface area contributed by atoms with Gasteiger partial charge in [-0.2, -0.15) is 4.39 Å². The quantitative estimate of drug-likeness (QED) is 0.261. The molecule has 0 bridgehead atoms. The second kappa shape index (κ2) is 7.99. The summed E-state index contributed by atoms with van der Waals surface area (Å²) in [4.78, 5) is 0. The number of fused-ring (bicyclic) bond motifs is 1. The van der Waals surface area contributed by atoms with Gasteiger partial charge < -0.3 is 4.74 Å². The maximum absolute atomic E-state index is 15.0. The second-order valence-corrected chi connectivity index (χ2v) is 6.51. The van der Waals surface area contributed by atoms with Gasteiger partial charge in [-0.05, 0) is 29.9 Å². The number of hydrogen-bond donors (Lipinski definition) is 0. The minimum atomic E-state index is -1.47. The zero-order chi connectivity index (χ0) is 19.6. The van der Waals surface area contributed by atoms with Crippen molar-refractivity contribution in [2.45, 2.75) is 32.6 Å². The molecule has 5 heteroatoms. The summed E-state index contributed by atoms with van der Waals surface area (Å²) < 4.78 is 61.8. The second-order valence-electron chi connectivity index (χ2n) is 6.51. The highest BCUT2D eigenvalue weighted by molar-refractivity contribution is 5.89. The number of aryl methyl sites for hydroxylation is 1. The van der Waals surface area contributed by atoms with E-state index in [0.29, 0.717) is 5.39 Å². The lowest BCUT2D eigenvalue weighted by Crippen LogP contribution is -2.00. The van der Waals surface area contributed by atoms with Crippen LogP contribution in [-0.2, 0) is 6.42 Å². The number of methoxy groups -OCH3 is 1. The Morgan fingerprint density at radius 3 is 2.30 bits per heavy atom. The Bertz CT molecular complexity index is 982. The van der Waals surface area contributed by atoms with E-state index in [9.17, 15) is 17.6 Å². The molecule has 0 atom stereocenters. The molecule has 0 heterocycles. The molecule has 0 spiro atoms. The van der Waals surface area contributed by atoms with Crippen molar-refractivity contribution >= 4 is 10.8 Å². The van der Waals surface area contributed by atoms with Crippen LogP contribution in [0.15, 0.2) is 36.4 Å². The van der Waals surface area contributed by atoms with Crippen LogP contribution in [-0.4, -0.2) is 7.11 Å². The van der Waals surface area contributed by atoms with E-state index in [0.717, 1.165) is 44.4 Å². The smallest absolute Gasteiger partial charge is 0.204 e. The molecule has 0 aliphatic heterocycles. The van der Waals surface area contributed by atoms with Crippen molar-refractivity contribution in [2.24, 2.45) is 0 Å². The highest BCUT2D eigenvalue weighted by Gasteiger charge is 2.22. The molecule has 0 aromatic heterocycles. The summed E-state index contributed by atoms with van der Waals surface area (Å²) in [5.41, 5.74) is 0.423. The summed E-state index contributed by atoms with van der Waals surface area (Å²) in [7, 11) is 1.04. The van der Waals surface area contributed by atoms with E-state index in [1.54, 1.807) is 12.1 Å². The minimum Gasteiger partial charge on any atom is -0.491 e. The maximum Gasteiger partial charge on any atom is 0.204 e. The van der Waals surface area contributed by atoms with Crippen LogP contribution < -0.4 is 4.74 Å². The number of hydrogen-bond acceptors (Lipinski definition) is 1. The van der Waals surface area contributed by atoms with Gasteiger partial charge in [0.1, 0.15) is 5.82 Å². The molecule has 0 unspecified atom stereocenters. The van der Waals surface area contributed by atoms with Crippen molar-refractivity contribution < 1.29 is 22.3 Å². The molecule has 3 rings (SSSR count). The first-order chi connectivity index (χ1) is 13.0. The molecule has 27 heavy (non-hydrogen) atoms. The Labute approximate surface area is 155 Å². The Morgan fingerprint density at radius 1 is 0.815 bits per heavy atom. The standard InChI is InChI=1S/C22H20F4O/c1-3-4-5-6-13-7-9-15-14(11-13)8-10-16(19(15)24)17-12-18(23)22(27-2)21(26)20(17)25/h7-12H,3-6H2,1-2H3. The van der Waals surface area contributed by atoms with Crippen LogP contribution in [0, 0.1) is 23.3 Å². The van der Waals surface area contributed by atoms with Gasteiger partial charge in [0.2, 0.25) is 5.82 Å². The van der Waals surface area contributed by atoms with Gasteiger partial charge >= 0.3 is 0 Å². The third-order valence-electron chi connectivity index (χ3n) is 4.70. The maximum atomic E-state index is 15.0. The van der Waals surface area contributed by atoms with Crippen molar-refractivity contribution in [3.8, 4) is 16.9 Å². The van der Waals surface area contributed by atoms with E-state index in [1.807, 2.05) is 12.1 Å². The average molecular weight is 376 g/mol. The third kappa shape index (κ3) is 3.64. The van der Waals surface area contributed by atoms with Gasteiger partial charge in [0, 0.05) is 16.5 Å². The fraction of sp³-hybridized carbons (Fsp3) is 0.273. The van der Waals surface area contributed by atoms with E-state index in [1.165, 1.54) is 6.07 Å². The van der Waals surface area contributed by atoms with Crippen molar-refractivity contribution in [1.29, 1.82) is 0 Å². The van der Waals surface area contributed by atoms with E-state index in [4.69, 9.17) is 0 Å². The van der Waals surface area contributed by atoms with E-state index in [2.05, 4.69) is 11.7 Å². The lowest BCUT2D eigenvalue weighted by molar-refractivity contribution is 0.347. The predicted molar refractivity (Wildman–Crippen MR) is 99.0 cm³/mol. The molecule has 3 aromatic rings. The number of halogens is 4. The van der Waals surface area contributed by atoms with Gasteiger partial charge in [-0.1, -0.05) is 50.1 Å². The third-order valence-corrected chi connectivity index (χ3v) is 4.70. The summed E-state index contributed by atoms with van der Waals surface area (Å²) in [5.74, 6) is -5.44. The lowest BCUT2D eigenvalue weighted by atomic mass is 9.97. The SMILES string of the molecule is CCCCCc1ccc2c(F)c(-c3cc(F)c(OC)c(F)c3F)ccc2c1. The van der Waals surface area contributed by atoms with Gasteiger partial charge in [0.05, 0.1) is 7.11 Å². The van der Waals surface area contributed by atoms with Crippen LogP contribution >= 0.6 is 0 Å². The zero-order valence-electron chi connectivity index (χ0n) is 15.2. The van der Waals surface area contributed by atoms with Crippen LogP contribution in [0.4, 0.5) is 17.6 Å². The average Bonchev–Trinajstić information content (AvgIpc) is 2.66. The molecule has 0 saturated carbocycles. The normalized spacial score (nSPS) is 11.2. The summed E-state index contributed by atoms with van der Waals surface area (Å²) in [6.07, 6.45) is 4.19. The Balaban J connectivity index is 2.07. The topological polar surface area (TPSA) is 9.23 Å². The molecule has 1 nitrogen and oxygen atoms in total. The summed E-state index contributed by atoms with van der Waals surface area (Å²) in [6.45, 7) is 2.13. The van der Waals surface area contributed by atoms with Crippen LogP contribution in [0.5, 0.6) is 5.75 Å². The first-order valence-electron chi connectivity index (χ1n) is 8.91. The number of unbranched alkanes of at least 4 members (excludes halogenated alkanes) is 2. The summed E-state index contributed by atoms with van der Waals surface area (Å²) in [6, 6.07) is 9.08. The minimum absolute atomic E-state index is 0.195. The van der Waals surface area contributed by atoms with Crippen LogP contribution in [0.1, 0.15) is 31.7 Å². The van der Waals surface area contributed by atoms with Crippen molar-refractivity contribution in [3.05, 3.63) is 65.2 Å². The Kier molecular flexibility index (Phi) is 5.68. The lowest BCUT2D eigenvalue weighted by Gasteiger charge is -2.12. The monoisotopic (exact) mass is 376 g/mol. The van der Waals surface area contributed by atoms with Gasteiger partial charge in [-0.15, -0.1) is 0 Å². The molecule has 0 fully saturated rings. The van der Waals surface area contributed by atoms with E-state index < -0.39 is 34.6 Å². The molecule has 0 aliphatic rings. The summed E-state index contributed by atoms with van der Waals surface area (Å²) >= 11 is 0. The van der Waals surface area contributed by atoms with Crippen molar-refractivity contribution in [1.82, 2.24) is 0 Å². The first-order valence-corrected chi connectivity index (χ1v) is 8.91. The largest absolute Gasteiger partial charge is 0.491 e. The van der Waals surface area contributed by atoms with Gasteiger partial charge in [0.25, 0.3) is 0 Å².